The predicted octanol–water partition coefficient (Wildman–Crippen LogP) is 3.36. The fourth-order valence-electron chi connectivity index (χ4n) is 1.73. The second-order valence-electron chi connectivity index (χ2n) is 4.24. The van der Waals surface area contributed by atoms with Gasteiger partial charge < -0.3 is 10.4 Å². The number of thiazole rings is 1. The number of aromatic hydroxyl groups is 1. The van der Waals surface area contributed by atoms with E-state index in [9.17, 15) is 5.11 Å². The van der Waals surface area contributed by atoms with Crippen LogP contribution in [-0.2, 0) is 0 Å². The summed E-state index contributed by atoms with van der Waals surface area (Å²) < 4.78 is 0. The summed E-state index contributed by atoms with van der Waals surface area (Å²) in [6, 6.07) is 5.44. The number of rotatable bonds is 3. The number of anilines is 2. The molecule has 3 aromatic rings. The zero-order valence-electron chi connectivity index (χ0n) is 10.7. The van der Waals surface area contributed by atoms with E-state index in [1.165, 1.54) is 17.5 Å². The van der Waals surface area contributed by atoms with Crippen LogP contribution in [0.15, 0.2) is 42.2 Å². The molecule has 0 saturated carbocycles. The number of hydrogen-bond acceptors (Lipinski definition) is 6. The zero-order valence-corrected chi connectivity index (χ0v) is 11.6. The van der Waals surface area contributed by atoms with Gasteiger partial charge in [0, 0.05) is 29.2 Å². The monoisotopic (exact) mass is 284 g/mol. The summed E-state index contributed by atoms with van der Waals surface area (Å²) in [4.78, 5) is 12.6. The minimum Gasteiger partial charge on any atom is -0.504 e. The molecule has 0 atom stereocenters. The lowest BCUT2D eigenvalue weighted by atomic mass is 10.3. The molecule has 0 aromatic carbocycles. The minimum absolute atomic E-state index is 0.0961. The van der Waals surface area contributed by atoms with Crippen molar-refractivity contribution < 1.29 is 5.11 Å². The normalized spacial score (nSPS) is 10.4. The van der Waals surface area contributed by atoms with Crippen molar-refractivity contribution in [2.75, 3.05) is 5.32 Å². The molecule has 6 heteroatoms. The molecule has 5 nitrogen and oxygen atoms in total. The standard InChI is InChI=1S/C14H12N4OS/c1-9-8-20-14(17-9)12-6-11(13(19)7-16-12)18-10-2-4-15-5-3-10/h2-8,19H,1H3,(H,15,16,18). The molecule has 0 unspecified atom stereocenters. The van der Waals surface area contributed by atoms with Crippen molar-refractivity contribution in [3.05, 3.63) is 47.9 Å². The highest BCUT2D eigenvalue weighted by Gasteiger charge is 2.09. The first-order valence-corrected chi connectivity index (χ1v) is 6.89. The Hall–Kier alpha value is -2.47. The maximum absolute atomic E-state index is 9.89. The van der Waals surface area contributed by atoms with Gasteiger partial charge in [0.25, 0.3) is 0 Å². The minimum atomic E-state index is 0.0961. The van der Waals surface area contributed by atoms with Crippen LogP contribution in [-0.4, -0.2) is 20.1 Å². The smallest absolute Gasteiger partial charge is 0.157 e. The van der Waals surface area contributed by atoms with E-state index in [1.807, 2.05) is 24.4 Å². The number of nitrogens with one attached hydrogen (secondary N) is 1. The highest BCUT2D eigenvalue weighted by Crippen LogP contribution is 2.31. The average Bonchev–Trinajstić information content (AvgIpc) is 2.89. The fourth-order valence-corrected chi connectivity index (χ4v) is 2.49. The Morgan fingerprint density at radius 2 is 2.05 bits per heavy atom. The maximum Gasteiger partial charge on any atom is 0.157 e. The number of aryl methyl sites for hydroxylation is 1. The summed E-state index contributed by atoms with van der Waals surface area (Å²) in [5, 5.41) is 15.8. The van der Waals surface area contributed by atoms with Gasteiger partial charge in [0.1, 0.15) is 10.7 Å². The largest absolute Gasteiger partial charge is 0.504 e. The van der Waals surface area contributed by atoms with E-state index in [4.69, 9.17) is 0 Å². The molecule has 0 saturated heterocycles. The van der Waals surface area contributed by atoms with E-state index in [1.54, 1.807) is 18.5 Å². The zero-order chi connectivity index (χ0) is 13.9. The van der Waals surface area contributed by atoms with Gasteiger partial charge in [0.05, 0.1) is 11.9 Å². The Kier molecular flexibility index (Phi) is 3.30. The Morgan fingerprint density at radius 1 is 1.25 bits per heavy atom. The van der Waals surface area contributed by atoms with Crippen LogP contribution in [0.5, 0.6) is 5.75 Å². The number of nitrogens with zero attached hydrogens (tertiary/aromatic N) is 3. The van der Waals surface area contributed by atoms with Crippen molar-refractivity contribution in [3.8, 4) is 16.5 Å². The molecular formula is C14H12N4OS. The second-order valence-corrected chi connectivity index (χ2v) is 5.10. The van der Waals surface area contributed by atoms with E-state index < -0.39 is 0 Å². The van der Waals surface area contributed by atoms with Crippen LogP contribution in [0.3, 0.4) is 0 Å². The van der Waals surface area contributed by atoms with Gasteiger partial charge in [-0.3, -0.25) is 4.98 Å². The fraction of sp³-hybridized carbons (Fsp3) is 0.0714. The van der Waals surface area contributed by atoms with E-state index in [0.29, 0.717) is 5.69 Å². The van der Waals surface area contributed by atoms with Crippen molar-refractivity contribution in [2.45, 2.75) is 6.92 Å². The van der Waals surface area contributed by atoms with Crippen molar-refractivity contribution in [1.29, 1.82) is 0 Å². The third kappa shape index (κ3) is 2.60. The Labute approximate surface area is 120 Å². The first kappa shape index (κ1) is 12.6. The lowest BCUT2D eigenvalue weighted by Gasteiger charge is -2.08. The summed E-state index contributed by atoms with van der Waals surface area (Å²) in [5.74, 6) is 0.0961. The molecule has 20 heavy (non-hydrogen) atoms. The topological polar surface area (TPSA) is 70.9 Å². The average molecular weight is 284 g/mol. The van der Waals surface area contributed by atoms with Crippen molar-refractivity contribution in [2.24, 2.45) is 0 Å². The molecule has 0 aliphatic carbocycles. The second kappa shape index (κ2) is 5.26. The van der Waals surface area contributed by atoms with Gasteiger partial charge in [-0.25, -0.2) is 9.97 Å². The van der Waals surface area contributed by atoms with Crippen LogP contribution >= 0.6 is 11.3 Å². The molecule has 3 rings (SSSR count). The molecule has 0 aliphatic heterocycles. The molecule has 3 heterocycles. The van der Waals surface area contributed by atoms with Gasteiger partial charge >= 0.3 is 0 Å². The third-order valence-electron chi connectivity index (χ3n) is 2.68. The Balaban J connectivity index is 1.95. The van der Waals surface area contributed by atoms with Crippen LogP contribution < -0.4 is 5.32 Å². The van der Waals surface area contributed by atoms with Gasteiger partial charge in [0.15, 0.2) is 5.75 Å². The number of hydrogen-bond donors (Lipinski definition) is 2. The van der Waals surface area contributed by atoms with Crippen molar-refractivity contribution >= 4 is 22.7 Å². The van der Waals surface area contributed by atoms with E-state index in [0.717, 1.165) is 22.1 Å². The number of aromatic nitrogens is 3. The molecule has 0 bridgehead atoms. The van der Waals surface area contributed by atoms with Crippen LogP contribution in [0.2, 0.25) is 0 Å². The summed E-state index contributed by atoms with van der Waals surface area (Å²) in [6.45, 7) is 1.94. The third-order valence-corrected chi connectivity index (χ3v) is 3.66. The van der Waals surface area contributed by atoms with Crippen LogP contribution in [0.25, 0.3) is 10.7 Å². The van der Waals surface area contributed by atoms with Crippen LogP contribution in [0.4, 0.5) is 11.4 Å². The van der Waals surface area contributed by atoms with Crippen molar-refractivity contribution in [3.63, 3.8) is 0 Å². The van der Waals surface area contributed by atoms with E-state index in [2.05, 4.69) is 20.3 Å². The summed E-state index contributed by atoms with van der Waals surface area (Å²) in [6.07, 6.45) is 4.80. The maximum atomic E-state index is 9.89. The first-order chi connectivity index (χ1) is 9.72. The first-order valence-electron chi connectivity index (χ1n) is 6.01. The Bertz CT molecular complexity index is 727. The molecule has 0 aliphatic rings. The molecule has 3 aromatic heterocycles. The highest BCUT2D eigenvalue weighted by atomic mass is 32.1. The highest BCUT2D eigenvalue weighted by molar-refractivity contribution is 7.13. The molecule has 0 radical (unpaired) electrons. The van der Waals surface area contributed by atoms with Gasteiger partial charge in [0.2, 0.25) is 0 Å². The van der Waals surface area contributed by atoms with Gasteiger partial charge in [-0.1, -0.05) is 0 Å². The molecule has 0 fully saturated rings. The molecule has 0 spiro atoms. The molecule has 0 amide bonds. The number of pyridine rings is 2. The SMILES string of the molecule is Cc1csc(-c2cc(Nc3ccncc3)c(O)cn2)n1. The van der Waals surface area contributed by atoms with Gasteiger partial charge in [-0.05, 0) is 25.1 Å². The van der Waals surface area contributed by atoms with Crippen molar-refractivity contribution in [1.82, 2.24) is 15.0 Å². The lowest BCUT2D eigenvalue weighted by Crippen LogP contribution is -1.93. The van der Waals surface area contributed by atoms with Crippen LogP contribution in [0.1, 0.15) is 5.69 Å². The van der Waals surface area contributed by atoms with Gasteiger partial charge in [-0.15, -0.1) is 11.3 Å². The summed E-state index contributed by atoms with van der Waals surface area (Å²) in [7, 11) is 0. The predicted molar refractivity (Wildman–Crippen MR) is 79.3 cm³/mol. The Morgan fingerprint density at radius 3 is 2.75 bits per heavy atom. The van der Waals surface area contributed by atoms with Gasteiger partial charge in [-0.2, -0.15) is 0 Å². The van der Waals surface area contributed by atoms with Crippen LogP contribution in [0, 0.1) is 6.92 Å². The summed E-state index contributed by atoms with van der Waals surface area (Å²) >= 11 is 1.53. The lowest BCUT2D eigenvalue weighted by molar-refractivity contribution is 0.475. The van der Waals surface area contributed by atoms with E-state index in [-0.39, 0.29) is 5.75 Å². The molecule has 100 valence electrons. The van der Waals surface area contributed by atoms with E-state index >= 15 is 0 Å². The molecular weight excluding hydrogens is 272 g/mol. The summed E-state index contributed by atoms with van der Waals surface area (Å²) in [5.41, 5.74) is 3.14. The molecule has 2 N–H and O–H groups in total. The quantitative estimate of drug-likeness (QED) is 0.771.